The van der Waals surface area contributed by atoms with E-state index >= 15 is 0 Å². The van der Waals surface area contributed by atoms with E-state index in [1.807, 2.05) is 49.1 Å². The minimum absolute atomic E-state index is 0.0668. The van der Waals surface area contributed by atoms with Crippen LogP contribution in [0, 0.1) is 13.8 Å². The van der Waals surface area contributed by atoms with E-state index in [-0.39, 0.29) is 11.8 Å². The summed E-state index contributed by atoms with van der Waals surface area (Å²) in [7, 11) is 0. The smallest absolute Gasteiger partial charge is 0.255 e. The third-order valence-corrected chi connectivity index (χ3v) is 5.20. The van der Waals surface area contributed by atoms with Crippen LogP contribution in [0.25, 0.3) is 10.9 Å². The van der Waals surface area contributed by atoms with Crippen LogP contribution in [0.2, 0.25) is 0 Å². The van der Waals surface area contributed by atoms with Gasteiger partial charge in [-0.3, -0.25) is 9.78 Å². The second-order valence-electron chi connectivity index (χ2n) is 6.99. The summed E-state index contributed by atoms with van der Waals surface area (Å²) in [5.74, 6) is 0.337. The van der Waals surface area contributed by atoms with Crippen LogP contribution >= 0.6 is 0 Å². The maximum absolute atomic E-state index is 13.2. The van der Waals surface area contributed by atoms with E-state index < -0.39 is 0 Å². The second-order valence-corrected chi connectivity index (χ2v) is 6.99. The predicted molar refractivity (Wildman–Crippen MR) is 101 cm³/mol. The average molecular weight is 346 g/mol. The highest BCUT2D eigenvalue weighted by Crippen LogP contribution is 2.27. The van der Waals surface area contributed by atoms with Crippen molar-refractivity contribution in [3.63, 3.8) is 0 Å². The summed E-state index contributed by atoms with van der Waals surface area (Å²) >= 11 is 0. The van der Waals surface area contributed by atoms with Crippen LogP contribution in [0.4, 0.5) is 0 Å². The lowest BCUT2D eigenvalue weighted by atomic mass is 9.94. The Hall–Kier alpha value is -2.82. The van der Waals surface area contributed by atoms with Gasteiger partial charge in [-0.2, -0.15) is 0 Å². The maximum Gasteiger partial charge on any atom is 0.255 e. The Labute approximate surface area is 153 Å². The number of likely N-dealkylation sites (tertiary alicyclic amines) is 1. The number of piperidine rings is 1. The molecule has 2 aromatic heterocycles. The van der Waals surface area contributed by atoms with Gasteiger partial charge in [0, 0.05) is 36.3 Å². The number of carbonyl (C=O) groups is 1. The number of hydrogen-bond acceptors (Lipinski definition) is 4. The highest BCUT2D eigenvalue weighted by atomic mass is 16.2. The van der Waals surface area contributed by atoms with Gasteiger partial charge in [-0.25, -0.2) is 9.97 Å². The fourth-order valence-electron chi connectivity index (χ4n) is 3.77. The Bertz CT molecular complexity index is 955. The molecule has 1 aliphatic rings. The molecule has 0 bridgehead atoms. The van der Waals surface area contributed by atoms with Gasteiger partial charge in [0.15, 0.2) is 0 Å². The molecule has 132 valence electrons. The molecule has 1 aromatic carbocycles. The highest BCUT2D eigenvalue weighted by Gasteiger charge is 2.27. The topological polar surface area (TPSA) is 59.0 Å². The third-order valence-electron chi connectivity index (χ3n) is 5.20. The van der Waals surface area contributed by atoms with Crippen molar-refractivity contribution < 1.29 is 4.79 Å². The molecule has 0 saturated carbocycles. The molecule has 1 saturated heterocycles. The molecule has 0 N–H and O–H groups in total. The van der Waals surface area contributed by atoms with Crippen LogP contribution in [0.5, 0.6) is 0 Å². The van der Waals surface area contributed by atoms with Crippen LogP contribution in [-0.4, -0.2) is 38.8 Å². The van der Waals surface area contributed by atoms with E-state index in [0.29, 0.717) is 12.1 Å². The molecule has 4 rings (SSSR count). The van der Waals surface area contributed by atoms with Gasteiger partial charge in [-0.1, -0.05) is 18.2 Å². The van der Waals surface area contributed by atoms with E-state index in [1.165, 1.54) is 0 Å². The van der Waals surface area contributed by atoms with Crippen LogP contribution in [0.1, 0.15) is 46.1 Å². The monoisotopic (exact) mass is 346 g/mol. The fourth-order valence-corrected chi connectivity index (χ4v) is 3.77. The predicted octanol–water partition coefficient (Wildman–Crippen LogP) is 3.66. The minimum Gasteiger partial charge on any atom is -0.338 e. The number of nitrogens with zero attached hydrogens (tertiary/aromatic N) is 4. The molecule has 26 heavy (non-hydrogen) atoms. The van der Waals surface area contributed by atoms with Crippen molar-refractivity contribution in [3.8, 4) is 0 Å². The molecule has 5 nitrogen and oxygen atoms in total. The van der Waals surface area contributed by atoms with Gasteiger partial charge in [0.05, 0.1) is 16.8 Å². The Morgan fingerprint density at radius 1 is 1.23 bits per heavy atom. The SMILES string of the molecule is Cc1nc2c(C)cccc2cc1C(=O)N1CCC[C@@H](c2ccncn2)C1. The summed E-state index contributed by atoms with van der Waals surface area (Å²) < 4.78 is 0. The third kappa shape index (κ3) is 3.05. The Kier molecular flexibility index (Phi) is 4.37. The van der Waals surface area contributed by atoms with Crippen molar-refractivity contribution >= 4 is 16.8 Å². The molecule has 1 aliphatic heterocycles. The lowest BCUT2D eigenvalue weighted by Gasteiger charge is -2.32. The second kappa shape index (κ2) is 6.83. The number of benzene rings is 1. The molecule has 0 unspecified atom stereocenters. The normalized spacial score (nSPS) is 17.5. The molecule has 1 atom stereocenters. The molecule has 3 aromatic rings. The maximum atomic E-state index is 13.2. The van der Waals surface area contributed by atoms with Crippen molar-refractivity contribution in [2.24, 2.45) is 0 Å². The summed E-state index contributed by atoms with van der Waals surface area (Å²) in [5, 5.41) is 1.02. The lowest BCUT2D eigenvalue weighted by molar-refractivity contribution is 0.0705. The first-order valence-corrected chi connectivity index (χ1v) is 9.05. The number of fused-ring (bicyclic) bond motifs is 1. The molecule has 1 amide bonds. The van der Waals surface area contributed by atoms with Gasteiger partial charge in [0.1, 0.15) is 6.33 Å². The van der Waals surface area contributed by atoms with Gasteiger partial charge in [-0.05, 0) is 44.4 Å². The number of amides is 1. The molecule has 3 heterocycles. The number of hydrogen-bond donors (Lipinski definition) is 0. The standard InChI is InChI=1S/C21H22N4O/c1-14-5-3-6-16-11-18(15(2)24-20(14)16)21(26)25-10-4-7-17(12-25)19-8-9-22-13-23-19/h3,5-6,8-9,11,13,17H,4,7,10,12H2,1-2H3/t17-/m1/s1. The van der Waals surface area contributed by atoms with Crippen LogP contribution < -0.4 is 0 Å². The zero-order valence-electron chi connectivity index (χ0n) is 15.1. The first-order chi connectivity index (χ1) is 12.6. The molecule has 0 aliphatic carbocycles. The first kappa shape index (κ1) is 16.6. The minimum atomic E-state index is 0.0668. The van der Waals surface area contributed by atoms with Gasteiger partial charge in [-0.15, -0.1) is 0 Å². The van der Waals surface area contributed by atoms with Gasteiger partial charge < -0.3 is 4.90 Å². The zero-order valence-corrected chi connectivity index (χ0v) is 15.1. The van der Waals surface area contributed by atoms with Crippen LogP contribution in [0.3, 0.4) is 0 Å². The lowest BCUT2D eigenvalue weighted by Crippen LogP contribution is -2.39. The quantitative estimate of drug-likeness (QED) is 0.710. The number of pyridine rings is 1. The van der Waals surface area contributed by atoms with Gasteiger partial charge in [0.25, 0.3) is 5.91 Å². The van der Waals surface area contributed by atoms with Crippen molar-refractivity contribution in [1.29, 1.82) is 0 Å². The van der Waals surface area contributed by atoms with E-state index in [0.717, 1.165) is 47.2 Å². The highest BCUT2D eigenvalue weighted by molar-refractivity contribution is 5.99. The zero-order chi connectivity index (χ0) is 18.1. The number of para-hydroxylation sites is 1. The number of carbonyl (C=O) groups excluding carboxylic acids is 1. The van der Waals surface area contributed by atoms with Gasteiger partial charge in [0.2, 0.25) is 0 Å². The van der Waals surface area contributed by atoms with Crippen LogP contribution in [0.15, 0.2) is 42.9 Å². The summed E-state index contributed by atoms with van der Waals surface area (Å²) in [6, 6.07) is 10.0. The largest absolute Gasteiger partial charge is 0.338 e. The van der Waals surface area contributed by atoms with Crippen molar-refractivity contribution in [2.45, 2.75) is 32.6 Å². The van der Waals surface area contributed by atoms with E-state index in [1.54, 1.807) is 12.5 Å². The van der Waals surface area contributed by atoms with E-state index in [4.69, 9.17) is 4.98 Å². The summed E-state index contributed by atoms with van der Waals surface area (Å²) in [5.41, 5.74) is 4.61. The fraction of sp³-hybridized carbons (Fsp3) is 0.333. The number of aromatic nitrogens is 3. The molecule has 0 radical (unpaired) electrons. The van der Waals surface area contributed by atoms with Crippen molar-refractivity contribution in [2.75, 3.05) is 13.1 Å². The Balaban J connectivity index is 1.63. The number of rotatable bonds is 2. The van der Waals surface area contributed by atoms with Crippen LogP contribution in [-0.2, 0) is 0 Å². The molecule has 1 fully saturated rings. The molecular weight excluding hydrogens is 324 g/mol. The van der Waals surface area contributed by atoms with Crippen molar-refractivity contribution in [1.82, 2.24) is 19.9 Å². The molecule has 0 spiro atoms. The van der Waals surface area contributed by atoms with E-state index in [9.17, 15) is 4.79 Å². The van der Waals surface area contributed by atoms with Gasteiger partial charge >= 0.3 is 0 Å². The summed E-state index contributed by atoms with van der Waals surface area (Å²) in [6.45, 7) is 5.45. The summed E-state index contributed by atoms with van der Waals surface area (Å²) in [4.78, 5) is 28.2. The van der Waals surface area contributed by atoms with Crippen molar-refractivity contribution in [3.05, 3.63) is 65.4 Å². The Morgan fingerprint density at radius 3 is 2.92 bits per heavy atom. The molecular formula is C21H22N4O. The first-order valence-electron chi connectivity index (χ1n) is 9.05. The molecule has 5 heteroatoms. The van der Waals surface area contributed by atoms with E-state index in [2.05, 4.69) is 9.97 Å². The average Bonchev–Trinajstić information content (AvgIpc) is 2.68. The summed E-state index contributed by atoms with van der Waals surface area (Å²) in [6.07, 6.45) is 5.38. The Morgan fingerprint density at radius 2 is 2.12 bits per heavy atom. The number of aryl methyl sites for hydroxylation is 2.